The van der Waals surface area contributed by atoms with Gasteiger partial charge in [0.15, 0.2) is 0 Å². The number of alkyl carbamates (subject to hydrolysis) is 1. The molecule has 10 heteroatoms. The Bertz CT molecular complexity index is 1400. The second-order valence-electron chi connectivity index (χ2n) is 15.3. The summed E-state index contributed by atoms with van der Waals surface area (Å²) in [4.78, 5) is 57.9. The highest BCUT2D eigenvalue weighted by molar-refractivity contribution is 7.98. The van der Waals surface area contributed by atoms with Crippen molar-refractivity contribution >= 4 is 35.6 Å². The number of ether oxygens (including phenoxy) is 2. The number of hydrogen-bond donors (Lipinski definition) is 2. The SMILES string of the molecule is CCCCCCCCN(C(=O)C(CCSC)NC(=O)OC(C)(C)C)C(C(=O)NC(Cc1ccccc1)C(=O)OC(C)(C)C)c1cc(C)ccc1C. The van der Waals surface area contributed by atoms with Gasteiger partial charge in [0.1, 0.15) is 29.3 Å². The third-order valence-electron chi connectivity index (χ3n) is 8.22. The standard InChI is InChI=1S/C41H63N3O6S/c1-11-12-13-14-15-19-25-44(37(46)33(24-26-51-10)43-39(48)50-41(7,8)9)35(32-27-29(2)22-23-30(32)3)36(45)42-34(38(47)49-40(4,5)6)28-31-20-17-16-18-21-31/h16-18,20-23,27,33-35H,11-15,19,24-26,28H2,1-10H3,(H,42,45)(H,43,48). The van der Waals surface area contributed by atoms with Crippen LogP contribution in [0.2, 0.25) is 0 Å². The quantitative estimate of drug-likeness (QED) is 0.111. The molecular weight excluding hydrogens is 663 g/mol. The normalized spacial score (nSPS) is 13.5. The molecule has 0 aliphatic carbocycles. The molecule has 51 heavy (non-hydrogen) atoms. The van der Waals surface area contributed by atoms with Crippen LogP contribution in [0.1, 0.15) is 122 Å². The second kappa shape index (κ2) is 21.1. The van der Waals surface area contributed by atoms with Crippen molar-refractivity contribution in [1.82, 2.24) is 15.5 Å². The predicted molar refractivity (Wildman–Crippen MR) is 208 cm³/mol. The van der Waals surface area contributed by atoms with E-state index in [2.05, 4.69) is 17.6 Å². The third kappa shape index (κ3) is 16.1. The van der Waals surface area contributed by atoms with E-state index in [1.807, 2.05) is 68.6 Å². The molecule has 0 aliphatic heterocycles. The lowest BCUT2D eigenvalue weighted by atomic mass is 9.95. The van der Waals surface area contributed by atoms with Crippen molar-refractivity contribution in [1.29, 1.82) is 0 Å². The van der Waals surface area contributed by atoms with Crippen LogP contribution in [-0.2, 0) is 30.3 Å². The molecule has 0 radical (unpaired) electrons. The molecular formula is C41H63N3O6S. The maximum atomic E-state index is 14.8. The molecule has 0 saturated carbocycles. The van der Waals surface area contributed by atoms with Gasteiger partial charge in [-0.15, -0.1) is 0 Å². The molecule has 3 unspecified atom stereocenters. The van der Waals surface area contributed by atoms with Gasteiger partial charge in [-0.25, -0.2) is 9.59 Å². The first-order chi connectivity index (χ1) is 24.0. The molecule has 0 fully saturated rings. The van der Waals surface area contributed by atoms with E-state index in [4.69, 9.17) is 9.47 Å². The molecule has 0 heterocycles. The molecule has 0 spiro atoms. The van der Waals surface area contributed by atoms with Crippen LogP contribution in [0.4, 0.5) is 4.79 Å². The first kappa shape index (κ1) is 43.6. The first-order valence-electron chi connectivity index (χ1n) is 18.4. The van der Waals surface area contributed by atoms with Crippen molar-refractivity contribution in [3.8, 4) is 0 Å². The molecule has 2 rings (SSSR count). The van der Waals surface area contributed by atoms with Crippen LogP contribution >= 0.6 is 11.8 Å². The number of rotatable bonds is 19. The van der Waals surface area contributed by atoms with Gasteiger partial charge in [0.2, 0.25) is 11.8 Å². The average molecular weight is 726 g/mol. The lowest BCUT2D eigenvalue weighted by Crippen LogP contribution is -2.55. The maximum absolute atomic E-state index is 14.8. The number of aryl methyl sites for hydroxylation is 2. The Balaban J connectivity index is 2.67. The Morgan fingerprint density at radius 1 is 0.804 bits per heavy atom. The van der Waals surface area contributed by atoms with E-state index < -0.39 is 47.3 Å². The Kier molecular flexibility index (Phi) is 18.1. The van der Waals surface area contributed by atoms with Crippen molar-refractivity contribution in [3.63, 3.8) is 0 Å². The van der Waals surface area contributed by atoms with Crippen LogP contribution in [0, 0.1) is 13.8 Å². The Hall–Kier alpha value is -3.53. The van der Waals surface area contributed by atoms with Crippen LogP contribution in [0.3, 0.4) is 0 Å². The Morgan fingerprint density at radius 2 is 1.43 bits per heavy atom. The summed E-state index contributed by atoms with van der Waals surface area (Å²) in [5, 5.41) is 5.84. The van der Waals surface area contributed by atoms with Crippen LogP contribution in [0.25, 0.3) is 0 Å². The molecule has 3 amide bonds. The van der Waals surface area contributed by atoms with E-state index in [1.165, 1.54) is 0 Å². The van der Waals surface area contributed by atoms with E-state index in [1.54, 1.807) is 58.2 Å². The zero-order valence-corrected chi connectivity index (χ0v) is 33.5. The number of thioether (sulfide) groups is 1. The number of carbonyl (C=O) groups excluding carboxylic acids is 4. The highest BCUT2D eigenvalue weighted by atomic mass is 32.2. The number of nitrogens with zero attached hydrogens (tertiary/aromatic N) is 1. The Labute approximate surface area is 311 Å². The summed E-state index contributed by atoms with van der Waals surface area (Å²) < 4.78 is 11.3. The smallest absolute Gasteiger partial charge is 0.408 e. The van der Waals surface area contributed by atoms with E-state index in [0.717, 1.165) is 48.8 Å². The number of unbranched alkanes of at least 4 members (excludes halogenated alkanes) is 5. The van der Waals surface area contributed by atoms with Crippen LogP contribution in [0.5, 0.6) is 0 Å². The zero-order valence-electron chi connectivity index (χ0n) is 32.7. The minimum atomic E-state index is -1.08. The molecule has 2 aromatic carbocycles. The van der Waals surface area contributed by atoms with Gasteiger partial charge < -0.3 is 25.0 Å². The third-order valence-corrected chi connectivity index (χ3v) is 8.86. The van der Waals surface area contributed by atoms with Crippen molar-refractivity contribution in [3.05, 3.63) is 70.8 Å². The lowest BCUT2D eigenvalue weighted by molar-refractivity contribution is -0.159. The van der Waals surface area contributed by atoms with Gasteiger partial charge >= 0.3 is 12.1 Å². The summed E-state index contributed by atoms with van der Waals surface area (Å²) in [6, 6.07) is 12.3. The fourth-order valence-electron chi connectivity index (χ4n) is 5.74. The molecule has 2 aromatic rings. The van der Waals surface area contributed by atoms with Crippen molar-refractivity contribution in [2.24, 2.45) is 0 Å². The van der Waals surface area contributed by atoms with E-state index >= 15 is 0 Å². The van der Waals surface area contributed by atoms with Gasteiger partial charge in [-0.2, -0.15) is 11.8 Å². The molecule has 0 saturated heterocycles. The Morgan fingerprint density at radius 3 is 2.04 bits per heavy atom. The summed E-state index contributed by atoms with van der Waals surface area (Å²) >= 11 is 1.57. The van der Waals surface area contributed by atoms with Gasteiger partial charge in [0.05, 0.1) is 0 Å². The van der Waals surface area contributed by atoms with Gasteiger partial charge in [-0.1, -0.05) is 93.1 Å². The highest BCUT2D eigenvalue weighted by Gasteiger charge is 2.38. The zero-order chi connectivity index (χ0) is 38.2. The predicted octanol–water partition coefficient (Wildman–Crippen LogP) is 8.25. The minimum absolute atomic E-state index is 0.211. The molecule has 3 atom stereocenters. The van der Waals surface area contributed by atoms with E-state index in [9.17, 15) is 19.2 Å². The van der Waals surface area contributed by atoms with Gasteiger partial charge in [0.25, 0.3) is 0 Å². The van der Waals surface area contributed by atoms with Crippen molar-refractivity contribution in [2.45, 2.75) is 143 Å². The van der Waals surface area contributed by atoms with E-state index in [-0.39, 0.29) is 18.9 Å². The monoisotopic (exact) mass is 725 g/mol. The molecule has 2 N–H and O–H groups in total. The maximum Gasteiger partial charge on any atom is 0.408 e. The topological polar surface area (TPSA) is 114 Å². The van der Waals surface area contributed by atoms with E-state index in [0.29, 0.717) is 24.2 Å². The summed E-state index contributed by atoms with van der Waals surface area (Å²) in [6.45, 7) is 17.0. The summed E-state index contributed by atoms with van der Waals surface area (Å²) in [5.41, 5.74) is 1.75. The summed E-state index contributed by atoms with van der Waals surface area (Å²) in [5.74, 6) is -0.815. The highest BCUT2D eigenvalue weighted by Crippen LogP contribution is 2.29. The van der Waals surface area contributed by atoms with Crippen LogP contribution in [0.15, 0.2) is 48.5 Å². The van der Waals surface area contributed by atoms with Gasteiger partial charge in [-0.3, -0.25) is 9.59 Å². The minimum Gasteiger partial charge on any atom is -0.458 e. The van der Waals surface area contributed by atoms with Crippen molar-refractivity contribution in [2.75, 3.05) is 18.6 Å². The van der Waals surface area contributed by atoms with Gasteiger partial charge in [-0.05, 0) is 96.9 Å². The summed E-state index contributed by atoms with van der Waals surface area (Å²) in [6.07, 6.45) is 7.74. The fraction of sp³-hybridized carbons (Fsp3) is 0.610. The molecule has 284 valence electrons. The lowest BCUT2D eigenvalue weighted by Gasteiger charge is -2.36. The fourth-order valence-corrected chi connectivity index (χ4v) is 6.22. The van der Waals surface area contributed by atoms with Crippen LogP contribution < -0.4 is 10.6 Å². The van der Waals surface area contributed by atoms with Crippen LogP contribution in [-0.4, -0.2) is 70.6 Å². The molecule has 0 aromatic heterocycles. The second-order valence-corrected chi connectivity index (χ2v) is 16.3. The number of amides is 3. The number of carbonyl (C=O) groups is 4. The number of benzene rings is 2. The largest absolute Gasteiger partial charge is 0.458 e. The molecule has 9 nitrogen and oxygen atoms in total. The first-order valence-corrected chi connectivity index (χ1v) is 19.8. The van der Waals surface area contributed by atoms with Crippen molar-refractivity contribution < 1.29 is 28.7 Å². The summed E-state index contributed by atoms with van der Waals surface area (Å²) in [7, 11) is 0. The van der Waals surface area contributed by atoms with Gasteiger partial charge in [0, 0.05) is 13.0 Å². The number of nitrogens with one attached hydrogen (secondary N) is 2. The number of hydrogen-bond acceptors (Lipinski definition) is 7. The average Bonchev–Trinajstić information content (AvgIpc) is 3.03. The molecule has 0 aliphatic rings. The molecule has 0 bridgehead atoms. The number of esters is 1.